The van der Waals surface area contributed by atoms with E-state index in [1.54, 1.807) is 0 Å². The third kappa shape index (κ3) is 17.2. The van der Waals surface area contributed by atoms with Crippen molar-refractivity contribution in [3.05, 3.63) is 11.6 Å². The van der Waals surface area contributed by atoms with E-state index in [1.807, 2.05) is 60.3 Å². The summed E-state index contributed by atoms with van der Waals surface area (Å²) in [6.45, 7) is 32.6. The van der Waals surface area contributed by atoms with E-state index in [-0.39, 0.29) is 48.3 Å². The van der Waals surface area contributed by atoms with Crippen molar-refractivity contribution in [2.45, 2.75) is 242 Å². The van der Waals surface area contributed by atoms with Crippen molar-refractivity contribution < 1.29 is 33.4 Å². The zero-order valence-electron chi connectivity index (χ0n) is 45.2. The van der Waals surface area contributed by atoms with E-state index in [2.05, 4.69) is 63.6 Å². The van der Waals surface area contributed by atoms with E-state index >= 15 is 0 Å². The maximum absolute atomic E-state index is 13.7. The molecule has 0 aromatic carbocycles. The van der Waals surface area contributed by atoms with Gasteiger partial charge in [-0.05, 0) is 204 Å². The Morgan fingerprint density at radius 3 is 2.03 bits per heavy atom. The van der Waals surface area contributed by atoms with Crippen LogP contribution in [-0.2, 0) is 23.8 Å². The van der Waals surface area contributed by atoms with E-state index < -0.39 is 23.4 Å². The third-order valence-corrected chi connectivity index (χ3v) is 16.8. The number of hydrogen-bond donors (Lipinski definition) is 3. The summed E-state index contributed by atoms with van der Waals surface area (Å²) < 4.78 is 17.0. The van der Waals surface area contributed by atoms with Gasteiger partial charge in [-0.25, -0.2) is 9.59 Å². The van der Waals surface area contributed by atoms with Crippen LogP contribution in [0.25, 0.3) is 0 Å². The number of alkyl carbamates (subject to hydrolysis) is 2. The normalized spacial score (nSPS) is 27.9. The van der Waals surface area contributed by atoms with Crippen LogP contribution in [0, 0.1) is 52.3 Å². The van der Waals surface area contributed by atoms with Gasteiger partial charge in [-0.3, -0.25) is 9.59 Å². The summed E-state index contributed by atoms with van der Waals surface area (Å²) in [5.74, 6) is 5.43. The van der Waals surface area contributed by atoms with Crippen LogP contribution >= 0.6 is 0 Å². The van der Waals surface area contributed by atoms with Gasteiger partial charge in [0.05, 0.1) is 0 Å². The number of hydrogen-bond acceptors (Lipinski definition) is 8. The Morgan fingerprint density at radius 2 is 1.40 bits per heavy atom. The highest BCUT2D eigenvalue weighted by atomic mass is 16.6. The molecule has 11 atom stereocenters. The number of unbranched alkanes of at least 4 members (excludes halogenated alkanes) is 1. The van der Waals surface area contributed by atoms with Gasteiger partial charge in [0.25, 0.3) is 0 Å². The SMILES string of the molecule is CC[C@H](CC[C@@H](C)C1CCC2[C@@H]3CC=C4C[C@@H](OC(=O)CCCC(=O)N(CCCCNCCC(C)NC(=O)OC(C)(C)C)CCC(C)NC(=O)OC(C)(C)C)CC[C@]4(C)C3CC[C@@]21C)C(C)C. The number of carbonyl (C=O) groups is 4. The smallest absolute Gasteiger partial charge is 0.407 e. The quantitative estimate of drug-likeness (QED) is 0.0377. The van der Waals surface area contributed by atoms with Gasteiger partial charge in [0.1, 0.15) is 17.3 Å². The summed E-state index contributed by atoms with van der Waals surface area (Å²) in [4.78, 5) is 53.4. The summed E-state index contributed by atoms with van der Waals surface area (Å²) in [6.07, 6.45) is 19.2. The maximum atomic E-state index is 13.7. The van der Waals surface area contributed by atoms with Crippen LogP contribution in [0.4, 0.5) is 9.59 Å². The standard InChI is InChI=1S/C56H100N4O7/c1-15-42(38(2)3)22-21-39(4)46-25-26-47-45-24-23-43-37-44(27-31-55(43,13)48(45)28-32-56(46,47)14)65-50(62)20-18-19-49(61)60(36-30-41(6)59-52(64)67-54(10,11)12)35-17-16-33-57-34-29-40(5)58-51(63)66-53(7,8)9/h23,38-42,44-48,57H,15-22,24-37H2,1-14H3,(H,58,63)(H,59,64)/t39-,40?,41?,42-,44+,45+,46?,47?,48?,55+,56-/m1/s1. The lowest BCUT2D eigenvalue weighted by Gasteiger charge is -2.58. The fourth-order valence-corrected chi connectivity index (χ4v) is 13.0. The molecule has 0 saturated heterocycles. The molecule has 5 unspecified atom stereocenters. The first-order valence-corrected chi connectivity index (χ1v) is 27.2. The largest absolute Gasteiger partial charge is 0.462 e. The number of allylic oxidation sites excluding steroid dienone is 1. The molecule has 3 amide bonds. The summed E-state index contributed by atoms with van der Waals surface area (Å²) >= 11 is 0. The second-order valence-corrected chi connectivity index (χ2v) is 24.7. The van der Waals surface area contributed by atoms with E-state index in [4.69, 9.17) is 14.2 Å². The van der Waals surface area contributed by atoms with E-state index in [1.165, 1.54) is 56.9 Å². The summed E-state index contributed by atoms with van der Waals surface area (Å²) in [7, 11) is 0. The molecule has 4 aliphatic rings. The summed E-state index contributed by atoms with van der Waals surface area (Å²) in [6, 6.07) is -0.202. The number of amides is 3. The minimum absolute atomic E-state index is 0.0190. The Hall–Kier alpha value is -2.82. The molecule has 11 nitrogen and oxygen atoms in total. The minimum atomic E-state index is -0.593. The van der Waals surface area contributed by atoms with Gasteiger partial charge in [0, 0.05) is 44.4 Å². The predicted octanol–water partition coefficient (Wildman–Crippen LogP) is 12.6. The molecule has 4 rings (SSSR count). The van der Waals surface area contributed by atoms with Gasteiger partial charge in [0.2, 0.25) is 5.91 Å². The third-order valence-electron chi connectivity index (χ3n) is 16.8. The van der Waals surface area contributed by atoms with Crippen molar-refractivity contribution >= 4 is 24.1 Å². The first-order chi connectivity index (χ1) is 31.3. The molecule has 0 aromatic rings. The first kappa shape index (κ1) is 56.8. The topological polar surface area (TPSA) is 135 Å². The minimum Gasteiger partial charge on any atom is -0.462 e. The van der Waals surface area contributed by atoms with Crippen molar-refractivity contribution in [2.24, 2.45) is 52.3 Å². The van der Waals surface area contributed by atoms with Gasteiger partial charge in [-0.15, -0.1) is 0 Å². The zero-order valence-corrected chi connectivity index (χ0v) is 45.2. The molecule has 4 aliphatic carbocycles. The molecule has 0 spiro atoms. The van der Waals surface area contributed by atoms with E-state index in [9.17, 15) is 19.2 Å². The van der Waals surface area contributed by atoms with Crippen LogP contribution in [0.3, 0.4) is 0 Å². The fourth-order valence-electron chi connectivity index (χ4n) is 13.0. The van der Waals surface area contributed by atoms with Gasteiger partial charge < -0.3 is 35.1 Å². The van der Waals surface area contributed by atoms with Crippen molar-refractivity contribution in [1.82, 2.24) is 20.9 Å². The predicted molar refractivity (Wildman–Crippen MR) is 272 cm³/mol. The van der Waals surface area contributed by atoms with E-state index in [0.717, 1.165) is 93.0 Å². The van der Waals surface area contributed by atoms with Gasteiger partial charge in [-0.1, -0.05) is 66.0 Å². The lowest BCUT2D eigenvalue weighted by molar-refractivity contribution is -0.151. The van der Waals surface area contributed by atoms with Crippen molar-refractivity contribution in [3.8, 4) is 0 Å². The van der Waals surface area contributed by atoms with Gasteiger partial charge in [-0.2, -0.15) is 0 Å². The average Bonchev–Trinajstić information content (AvgIpc) is 3.57. The lowest BCUT2D eigenvalue weighted by atomic mass is 9.47. The Balaban J connectivity index is 1.23. The zero-order chi connectivity index (χ0) is 49.7. The van der Waals surface area contributed by atoms with Crippen LogP contribution < -0.4 is 16.0 Å². The molecular formula is C56H100N4O7. The molecule has 3 saturated carbocycles. The molecule has 67 heavy (non-hydrogen) atoms. The summed E-state index contributed by atoms with van der Waals surface area (Å²) in [5.41, 5.74) is 1.07. The lowest BCUT2D eigenvalue weighted by Crippen LogP contribution is -2.51. The first-order valence-electron chi connectivity index (χ1n) is 27.2. The number of fused-ring (bicyclic) bond motifs is 5. The molecule has 3 N–H and O–H groups in total. The van der Waals surface area contributed by atoms with Crippen molar-refractivity contribution in [3.63, 3.8) is 0 Å². The molecule has 0 aromatic heterocycles. The van der Waals surface area contributed by atoms with E-state index in [0.29, 0.717) is 31.3 Å². The molecular weight excluding hydrogens is 841 g/mol. The van der Waals surface area contributed by atoms with Crippen molar-refractivity contribution in [1.29, 1.82) is 0 Å². The Bertz CT molecular complexity index is 1620. The number of esters is 1. The van der Waals surface area contributed by atoms with Gasteiger partial charge >= 0.3 is 18.2 Å². The number of rotatable bonds is 24. The van der Waals surface area contributed by atoms with Crippen LogP contribution in [0.5, 0.6) is 0 Å². The Labute approximate surface area is 408 Å². The highest BCUT2D eigenvalue weighted by Crippen LogP contribution is 2.67. The fraction of sp³-hybridized carbons (Fsp3) is 0.893. The Kier molecular flexibility index (Phi) is 21.5. The summed E-state index contributed by atoms with van der Waals surface area (Å²) in [5, 5.41) is 9.24. The van der Waals surface area contributed by atoms with Crippen LogP contribution in [-0.4, -0.2) is 84.5 Å². The molecule has 386 valence electrons. The monoisotopic (exact) mass is 941 g/mol. The van der Waals surface area contributed by atoms with Crippen LogP contribution in [0.15, 0.2) is 11.6 Å². The molecule has 0 heterocycles. The number of nitrogens with one attached hydrogen (secondary N) is 3. The molecule has 3 fully saturated rings. The maximum Gasteiger partial charge on any atom is 0.407 e. The highest BCUT2D eigenvalue weighted by Gasteiger charge is 2.59. The van der Waals surface area contributed by atoms with Gasteiger partial charge in [0.15, 0.2) is 0 Å². The molecule has 11 heteroatoms. The highest BCUT2D eigenvalue weighted by molar-refractivity contribution is 5.77. The number of nitrogens with zero attached hydrogens (tertiary/aromatic N) is 1. The number of ether oxygens (including phenoxy) is 3. The van der Waals surface area contributed by atoms with Crippen LogP contribution in [0.1, 0.15) is 213 Å². The number of carbonyl (C=O) groups excluding carboxylic acids is 4. The average molecular weight is 941 g/mol. The molecule has 0 radical (unpaired) electrons. The van der Waals surface area contributed by atoms with Crippen molar-refractivity contribution in [2.75, 3.05) is 26.2 Å². The van der Waals surface area contributed by atoms with Crippen LogP contribution in [0.2, 0.25) is 0 Å². The molecule has 0 aliphatic heterocycles. The Morgan fingerprint density at radius 1 is 0.746 bits per heavy atom. The second-order valence-electron chi connectivity index (χ2n) is 24.7. The molecule has 0 bridgehead atoms. The second kappa shape index (κ2) is 25.3.